The zero-order valence-corrected chi connectivity index (χ0v) is 13.2. The van der Waals surface area contributed by atoms with Gasteiger partial charge in [-0.15, -0.1) is 11.8 Å². The third-order valence-corrected chi connectivity index (χ3v) is 5.25. The molecule has 3 rings (SSSR count). The van der Waals surface area contributed by atoms with E-state index in [2.05, 4.69) is 60.2 Å². The van der Waals surface area contributed by atoms with E-state index in [1.54, 1.807) is 11.8 Å². The first-order valence-corrected chi connectivity index (χ1v) is 8.75. The fraction of sp³-hybridized carbons (Fsp3) is 0.333. The van der Waals surface area contributed by atoms with Crippen LogP contribution in [0.25, 0.3) is 0 Å². The average Bonchev–Trinajstić information content (AvgIpc) is 2.47. The fourth-order valence-corrected chi connectivity index (χ4v) is 3.64. The molecule has 0 saturated heterocycles. The summed E-state index contributed by atoms with van der Waals surface area (Å²) in [7, 11) is 0. The maximum Gasteiger partial charge on any atom is 0.0721 e. The van der Waals surface area contributed by atoms with Gasteiger partial charge in [-0.05, 0) is 47.8 Å². The van der Waals surface area contributed by atoms with Gasteiger partial charge >= 0.3 is 0 Å². The molecule has 2 aromatic rings. The Morgan fingerprint density at radius 2 is 1.95 bits per heavy atom. The number of hydrazine groups is 1. The predicted octanol–water partition coefficient (Wildman–Crippen LogP) is 4.23. The highest BCUT2D eigenvalue weighted by atomic mass is 32.2. The summed E-state index contributed by atoms with van der Waals surface area (Å²) in [4.78, 5) is 1.27. The lowest BCUT2D eigenvalue weighted by atomic mass is 9.79. The molecule has 3 heteroatoms. The minimum absolute atomic E-state index is 0.0497. The summed E-state index contributed by atoms with van der Waals surface area (Å²) in [6.07, 6.45) is 6.12. The van der Waals surface area contributed by atoms with Gasteiger partial charge < -0.3 is 0 Å². The largest absolute Gasteiger partial charge is 0.271 e. The second kappa shape index (κ2) is 6.65. The molecule has 21 heavy (non-hydrogen) atoms. The van der Waals surface area contributed by atoms with Crippen molar-refractivity contribution in [3.8, 4) is 0 Å². The zero-order chi connectivity index (χ0) is 14.7. The molecule has 0 amide bonds. The molecule has 110 valence electrons. The number of nitrogens with one attached hydrogen (secondary N) is 1. The summed E-state index contributed by atoms with van der Waals surface area (Å²) in [5.74, 6) is 6.62. The van der Waals surface area contributed by atoms with Crippen LogP contribution in [0.2, 0.25) is 0 Å². The van der Waals surface area contributed by atoms with Crippen molar-refractivity contribution in [3.05, 3.63) is 65.2 Å². The van der Waals surface area contributed by atoms with E-state index in [0.717, 1.165) is 5.92 Å². The Hall–Kier alpha value is -1.29. The molecule has 0 spiro atoms. The molecule has 2 nitrogen and oxygen atoms in total. The summed E-state index contributed by atoms with van der Waals surface area (Å²) in [6.45, 7) is 0. The Balaban J connectivity index is 1.95. The lowest BCUT2D eigenvalue weighted by molar-refractivity contribution is 0.419. The monoisotopic (exact) mass is 298 g/mol. The number of nitrogens with two attached hydrogens (primary N) is 1. The molecule has 1 aliphatic rings. The van der Waals surface area contributed by atoms with E-state index >= 15 is 0 Å². The number of rotatable bonds is 5. The molecule has 3 N–H and O–H groups in total. The molecule has 0 radical (unpaired) electrons. The molecule has 2 aromatic carbocycles. The second-order valence-corrected chi connectivity index (χ2v) is 6.49. The van der Waals surface area contributed by atoms with E-state index in [9.17, 15) is 0 Å². The first kappa shape index (κ1) is 14.6. The Morgan fingerprint density at radius 1 is 1.14 bits per heavy atom. The first-order valence-electron chi connectivity index (χ1n) is 7.52. The van der Waals surface area contributed by atoms with E-state index in [4.69, 9.17) is 5.84 Å². The maximum atomic E-state index is 5.87. The van der Waals surface area contributed by atoms with E-state index in [-0.39, 0.29) is 6.04 Å². The average molecular weight is 298 g/mol. The van der Waals surface area contributed by atoms with Crippen molar-refractivity contribution in [1.29, 1.82) is 0 Å². The van der Waals surface area contributed by atoms with Crippen molar-refractivity contribution >= 4 is 11.8 Å². The molecule has 1 unspecified atom stereocenters. The van der Waals surface area contributed by atoms with Crippen molar-refractivity contribution in [1.82, 2.24) is 5.43 Å². The normalized spacial score (nSPS) is 16.5. The van der Waals surface area contributed by atoms with Gasteiger partial charge in [0.1, 0.15) is 0 Å². The topological polar surface area (TPSA) is 38.0 Å². The molecular weight excluding hydrogens is 276 g/mol. The number of hydrogen-bond acceptors (Lipinski definition) is 3. The van der Waals surface area contributed by atoms with Crippen molar-refractivity contribution in [2.24, 2.45) is 5.84 Å². The van der Waals surface area contributed by atoms with Crippen LogP contribution < -0.4 is 11.3 Å². The molecule has 1 saturated carbocycles. The van der Waals surface area contributed by atoms with Gasteiger partial charge in [0.05, 0.1) is 6.04 Å². The van der Waals surface area contributed by atoms with Gasteiger partial charge in [0.25, 0.3) is 0 Å². The fourth-order valence-electron chi connectivity index (χ4n) is 3.00. The summed E-state index contributed by atoms with van der Waals surface area (Å²) < 4.78 is 0. The summed E-state index contributed by atoms with van der Waals surface area (Å²) in [6, 6.07) is 17.4. The van der Waals surface area contributed by atoms with Crippen molar-refractivity contribution < 1.29 is 0 Å². The van der Waals surface area contributed by atoms with Gasteiger partial charge in [0, 0.05) is 4.90 Å². The standard InChI is InChI=1S/C18H22N2S/c1-21-17-11-3-2-10-16(17)18(20-19)15-9-5-8-14(12-15)13-6-4-7-13/h2-3,5,8-13,18,20H,4,6-7,19H2,1H3. The van der Waals surface area contributed by atoms with Gasteiger partial charge in [-0.2, -0.15) is 0 Å². The molecule has 0 aromatic heterocycles. The van der Waals surface area contributed by atoms with E-state index in [1.165, 1.54) is 40.8 Å². The Labute approximate surface area is 131 Å². The van der Waals surface area contributed by atoms with Gasteiger partial charge in [0.2, 0.25) is 0 Å². The summed E-state index contributed by atoms with van der Waals surface area (Å²) in [5.41, 5.74) is 6.96. The first-order chi connectivity index (χ1) is 10.3. The van der Waals surface area contributed by atoms with Crippen molar-refractivity contribution in [2.75, 3.05) is 6.26 Å². The van der Waals surface area contributed by atoms with Crippen LogP contribution in [-0.2, 0) is 0 Å². The van der Waals surface area contributed by atoms with Crippen LogP contribution in [0.3, 0.4) is 0 Å². The van der Waals surface area contributed by atoms with Crippen molar-refractivity contribution in [2.45, 2.75) is 36.1 Å². The van der Waals surface area contributed by atoms with Crippen LogP contribution in [0.1, 0.15) is 47.9 Å². The lowest BCUT2D eigenvalue weighted by Crippen LogP contribution is -2.29. The molecule has 1 atom stereocenters. The lowest BCUT2D eigenvalue weighted by Gasteiger charge is -2.27. The number of benzene rings is 2. The maximum absolute atomic E-state index is 5.87. The minimum atomic E-state index is 0.0497. The molecule has 1 fully saturated rings. The third-order valence-electron chi connectivity index (χ3n) is 4.44. The SMILES string of the molecule is CSc1ccccc1C(NN)c1cccc(C2CCC2)c1. The summed E-state index contributed by atoms with van der Waals surface area (Å²) >= 11 is 1.76. The third kappa shape index (κ3) is 3.00. The minimum Gasteiger partial charge on any atom is -0.271 e. The van der Waals surface area contributed by atoms with Gasteiger partial charge in [-0.25, -0.2) is 5.43 Å². The quantitative estimate of drug-likeness (QED) is 0.493. The summed E-state index contributed by atoms with van der Waals surface area (Å²) in [5, 5.41) is 0. The van der Waals surface area contributed by atoms with Gasteiger partial charge in [0.15, 0.2) is 0 Å². The van der Waals surface area contributed by atoms with Crippen LogP contribution in [-0.4, -0.2) is 6.26 Å². The van der Waals surface area contributed by atoms with Crippen LogP contribution >= 0.6 is 11.8 Å². The zero-order valence-electron chi connectivity index (χ0n) is 12.4. The molecule has 1 aliphatic carbocycles. The number of thioether (sulfide) groups is 1. The van der Waals surface area contributed by atoms with E-state index in [0.29, 0.717) is 0 Å². The van der Waals surface area contributed by atoms with E-state index in [1.807, 2.05) is 0 Å². The van der Waals surface area contributed by atoms with Crippen LogP contribution in [0.4, 0.5) is 0 Å². The predicted molar refractivity (Wildman–Crippen MR) is 90.4 cm³/mol. The molecule has 0 heterocycles. The van der Waals surface area contributed by atoms with Crippen LogP contribution in [0.5, 0.6) is 0 Å². The van der Waals surface area contributed by atoms with Crippen LogP contribution in [0.15, 0.2) is 53.4 Å². The van der Waals surface area contributed by atoms with Crippen LogP contribution in [0, 0.1) is 0 Å². The van der Waals surface area contributed by atoms with E-state index < -0.39 is 0 Å². The van der Waals surface area contributed by atoms with Gasteiger partial charge in [-0.1, -0.05) is 48.9 Å². The Bertz CT molecular complexity index is 608. The Kier molecular flexibility index (Phi) is 4.63. The molecular formula is C18H22N2S. The van der Waals surface area contributed by atoms with Gasteiger partial charge in [-0.3, -0.25) is 5.84 Å². The highest BCUT2D eigenvalue weighted by Crippen LogP contribution is 2.38. The Morgan fingerprint density at radius 3 is 2.62 bits per heavy atom. The highest BCUT2D eigenvalue weighted by molar-refractivity contribution is 7.98. The molecule has 0 bridgehead atoms. The number of hydrogen-bond donors (Lipinski definition) is 2. The van der Waals surface area contributed by atoms with Crippen molar-refractivity contribution in [3.63, 3.8) is 0 Å². The highest BCUT2D eigenvalue weighted by Gasteiger charge is 2.21. The molecule has 0 aliphatic heterocycles. The smallest absolute Gasteiger partial charge is 0.0721 e. The second-order valence-electron chi connectivity index (χ2n) is 5.64.